The summed E-state index contributed by atoms with van der Waals surface area (Å²) in [5, 5.41) is 0. The Morgan fingerprint density at radius 1 is 1.18 bits per heavy atom. The van der Waals surface area contributed by atoms with E-state index in [9.17, 15) is 0 Å². The maximum Gasteiger partial charge on any atom is 0.0399 e. The molecule has 0 saturated heterocycles. The quantitative estimate of drug-likeness (QED) is 0.785. The van der Waals surface area contributed by atoms with Gasteiger partial charge in [-0.2, -0.15) is 0 Å². The first-order valence-corrected chi connectivity index (χ1v) is 6.81. The molecule has 1 aromatic rings. The Labute approximate surface area is 106 Å². The molecule has 0 bridgehead atoms. The number of anilines is 1. The molecule has 0 aliphatic heterocycles. The van der Waals surface area contributed by atoms with Crippen LogP contribution in [0.4, 0.5) is 5.69 Å². The van der Waals surface area contributed by atoms with Crippen LogP contribution in [0.3, 0.4) is 0 Å². The number of hydrogen-bond donors (Lipinski definition) is 1. The van der Waals surface area contributed by atoms with Gasteiger partial charge in [-0.25, -0.2) is 0 Å². The van der Waals surface area contributed by atoms with Gasteiger partial charge in [0.2, 0.25) is 0 Å². The summed E-state index contributed by atoms with van der Waals surface area (Å²) < 4.78 is 0. The smallest absolute Gasteiger partial charge is 0.0399 e. The summed E-state index contributed by atoms with van der Waals surface area (Å²) in [6.07, 6.45) is 3.20. The molecule has 0 aliphatic carbocycles. The molecule has 2 nitrogen and oxygen atoms in total. The number of para-hydroxylation sites is 1. The van der Waals surface area contributed by atoms with Gasteiger partial charge in [-0.15, -0.1) is 0 Å². The lowest BCUT2D eigenvalue weighted by Gasteiger charge is -2.26. The highest BCUT2D eigenvalue weighted by atomic mass is 15.1. The Morgan fingerprint density at radius 2 is 1.88 bits per heavy atom. The lowest BCUT2D eigenvalue weighted by atomic mass is 10.0. The number of nitrogens with zero attached hydrogens (tertiary/aromatic N) is 1. The zero-order chi connectivity index (χ0) is 12.7. The molecule has 0 radical (unpaired) electrons. The third-order valence-corrected chi connectivity index (χ3v) is 3.21. The largest absolute Gasteiger partial charge is 0.372 e. The standard InChI is InChI=1S/C15H26N2/c1-4-11-17(6-3)15-10-8-7-9-13(15)12-14(16)5-2/h7-10,14H,4-6,11-12,16H2,1-3H3. The average molecular weight is 234 g/mol. The minimum absolute atomic E-state index is 0.275. The highest BCUT2D eigenvalue weighted by Crippen LogP contribution is 2.22. The van der Waals surface area contributed by atoms with E-state index in [-0.39, 0.29) is 6.04 Å². The van der Waals surface area contributed by atoms with Crippen LogP contribution in [0.25, 0.3) is 0 Å². The third kappa shape index (κ3) is 4.04. The van der Waals surface area contributed by atoms with Crippen LogP contribution in [0.2, 0.25) is 0 Å². The summed E-state index contributed by atoms with van der Waals surface area (Å²) in [4.78, 5) is 2.44. The molecule has 2 heteroatoms. The lowest BCUT2D eigenvalue weighted by molar-refractivity contribution is 0.644. The van der Waals surface area contributed by atoms with Gasteiger partial charge in [0, 0.05) is 24.8 Å². The maximum absolute atomic E-state index is 6.07. The Bertz CT molecular complexity index is 322. The number of benzene rings is 1. The van der Waals surface area contributed by atoms with E-state index in [1.165, 1.54) is 17.7 Å². The minimum atomic E-state index is 0.275. The van der Waals surface area contributed by atoms with Crippen LogP contribution < -0.4 is 10.6 Å². The Morgan fingerprint density at radius 3 is 2.47 bits per heavy atom. The van der Waals surface area contributed by atoms with E-state index in [2.05, 4.69) is 49.9 Å². The van der Waals surface area contributed by atoms with Crippen LogP contribution in [0.15, 0.2) is 24.3 Å². The first-order chi connectivity index (χ1) is 8.22. The molecule has 0 aromatic heterocycles. The summed E-state index contributed by atoms with van der Waals surface area (Å²) in [6, 6.07) is 8.94. The number of nitrogens with two attached hydrogens (primary N) is 1. The van der Waals surface area contributed by atoms with E-state index in [0.717, 1.165) is 25.9 Å². The molecular formula is C15H26N2. The van der Waals surface area contributed by atoms with Crippen molar-refractivity contribution in [3.05, 3.63) is 29.8 Å². The Kier molecular flexibility index (Phi) is 6.06. The van der Waals surface area contributed by atoms with Gasteiger partial charge in [0.05, 0.1) is 0 Å². The van der Waals surface area contributed by atoms with Crippen molar-refractivity contribution >= 4 is 5.69 Å². The highest BCUT2D eigenvalue weighted by molar-refractivity contribution is 5.53. The normalized spacial score (nSPS) is 12.5. The Balaban J connectivity index is 2.89. The molecular weight excluding hydrogens is 208 g/mol. The van der Waals surface area contributed by atoms with Crippen LogP contribution in [0, 0.1) is 0 Å². The van der Waals surface area contributed by atoms with Crippen molar-refractivity contribution in [3.8, 4) is 0 Å². The van der Waals surface area contributed by atoms with E-state index in [1.807, 2.05) is 0 Å². The SMILES string of the molecule is CCCN(CC)c1ccccc1CC(N)CC. The highest BCUT2D eigenvalue weighted by Gasteiger charge is 2.10. The molecule has 1 atom stereocenters. The fraction of sp³-hybridized carbons (Fsp3) is 0.600. The second-order valence-corrected chi connectivity index (χ2v) is 4.58. The Hall–Kier alpha value is -1.02. The van der Waals surface area contributed by atoms with E-state index in [1.54, 1.807) is 0 Å². The molecule has 0 heterocycles. The van der Waals surface area contributed by atoms with Gasteiger partial charge >= 0.3 is 0 Å². The lowest BCUT2D eigenvalue weighted by Crippen LogP contribution is -2.27. The van der Waals surface area contributed by atoms with Crippen molar-refractivity contribution in [2.75, 3.05) is 18.0 Å². The van der Waals surface area contributed by atoms with Crippen LogP contribution in [0.5, 0.6) is 0 Å². The maximum atomic E-state index is 6.07. The van der Waals surface area contributed by atoms with E-state index in [4.69, 9.17) is 5.73 Å². The van der Waals surface area contributed by atoms with Gasteiger partial charge < -0.3 is 10.6 Å². The van der Waals surface area contributed by atoms with Crippen LogP contribution in [-0.4, -0.2) is 19.1 Å². The molecule has 0 aliphatic rings. The van der Waals surface area contributed by atoms with Gasteiger partial charge in [-0.1, -0.05) is 32.0 Å². The summed E-state index contributed by atoms with van der Waals surface area (Å²) in [7, 11) is 0. The van der Waals surface area contributed by atoms with E-state index < -0.39 is 0 Å². The third-order valence-electron chi connectivity index (χ3n) is 3.21. The summed E-state index contributed by atoms with van der Waals surface area (Å²) in [5.74, 6) is 0. The predicted molar refractivity (Wildman–Crippen MR) is 76.6 cm³/mol. The summed E-state index contributed by atoms with van der Waals surface area (Å²) in [6.45, 7) is 8.77. The monoisotopic (exact) mass is 234 g/mol. The van der Waals surface area contributed by atoms with Gasteiger partial charge in [0.1, 0.15) is 0 Å². The topological polar surface area (TPSA) is 29.3 Å². The summed E-state index contributed by atoms with van der Waals surface area (Å²) >= 11 is 0. The van der Waals surface area contributed by atoms with Gasteiger partial charge in [0.25, 0.3) is 0 Å². The van der Waals surface area contributed by atoms with Gasteiger partial charge in [-0.3, -0.25) is 0 Å². The van der Waals surface area contributed by atoms with Crippen LogP contribution in [-0.2, 0) is 6.42 Å². The second kappa shape index (κ2) is 7.33. The van der Waals surface area contributed by atoms with Gasteiger partial charge in [-0.05, 0) is 37.8 Å². The zero-order valence-corrected chi connectivity index (χ0v) is 11.4. The van der Waals surface area contributed by atoms with E-state index >= 15 is 0 Å². The molecule has 96 valence electrons. The molecule has 0 saturated carbocycles. The fourth-order valence-corrected chi connectivity index (χ4v) is 2.14. The molecule has 1 aromatic carbocycles. The molecule has 17 heavy (non-hydrogen) atoms. The van der Waals surface area contributed by atoms with Crippen molar-refractivity contribution in [2.45, 2.75) is 46.1 Å². The van der Waals surface area contributed by atoms with Crippen molar-refractivity contribution in [1.82, 2.24) is 0 Å². The fourth-order valence-electron chi connectivity index (χ4n) is 2.14. The first-order valence-electron chi connectivity index (χ1n) is 6.81. The van der Waals surface area contributed by atoms with Gasteiger partial charge in [0.15, 0.2) is 0 Å². The molecule has 2 N–H and O–H groups in total. The minimum Gasteiger partial charge on any atom is -0.372 e. The first kappa shape index (κ1) is 14.0. The predicted octanol–water partition coefficient (Wildman–Crippen LogP) is 3.20. The van der Waals surface area contributed by atoms with Crippen molar-refractivity contribution < 1.29 is 0 Å². The van der Waals surface area contributed by atoms with Crippen LogP contribution >= 0.6 is 0 Å². The molecule has 0 fully saturated rings. The zero-order valence-electron chi connectivity index (χ0n) is 11.4. The molecule has 0 amide bonds. The van der Waals surface area contributed by atoms with E-state index in [0.29, 0.717) is 0 Å². The van der Waals surface area contributed by atoms with Crippen molar-refractivity contribution in [3.63, 3.8) is 0 Å². The number of hydrogen-bond acceptors (Lipinski definition) is 2. The van der Waals surface area contributed by atoms with Crippen LogP contribution in [0.1, 0.15) is 39.2 Å². The molecule has 1 unspecified atom stereocenters. The number of rotatable bonds is 7. The van der Waals surface area contributed by atoms with Crippen molar-refractivity contribution in [1.29, 1.82) is 0 Å². The second-order valence-electron chi connectivity index (χ2n) is 4.58. The molecule has 0 spiro atoms. The van der Waals surface area contributed by atoms with Crippen molar-refractivity contribution in [2.24, 2.45) is 5.73 Å². The molecule has 1 rings (SSSR count). The summed E-state index contributed by atoms with van der Waals surface area (Å²) in [5.41, 5.74) is 8.82. The average Bonchev–Trinajstić information content (AvgIpc) is 2.36.